The van der Waals surface area contributed by atoms with Crippen molar-refractivity contribution in [2.24, 2.45) is 0 Å². The maximum atomic E-state index is 11.6. The van der Waals surface area contributed by atoms with Gasteiger partial charge in [0.05, 0.1) is 19.3 Å². The molecule has 1 aliphatic rings. The molecule has 0 bridgehead atoms. The highest BCUT2D eigenvalue weighted by Gasteiger charge is 2.28. The van der Waals surface area contributed by atoms with Crippen molar-refractivity contribution in [1.82, 2.24) is 0 Å². The Morgan fingerprint density at radius 3 is 2.94 bits per heavy atom. The monoisotopic (exact) mass is 254 g/mol. The van der Waals surface area contributed by atoms with Crippen molar-refractivity contribution >= 4 is 5.97 Å². The van der Waals surface area contributed by atoms with Crippen molar-refractivity contribution in [2.75, 3.05) is 20.3 Å². The van der Waals surface area contributed by atoms with Crippen molar-refractivity contribution in [2.45, 2.75) is 38.7 Å². The van der Waals surface area contributed by atoms with E-state index in [0.29, 0.717) is 30.8 Å². The molecule has 0 saturated heterocycles. The SMILES string of the molecule is C=CC1CC(C(=O)OC)=C(CCOCCCC)O1. The first kappa shape index (κ1) is 14.8. The van der Waals surface area contributed by atoms with E-state index in [1.807, 2.05) is 0 Å². The molecule has 1 rings (SSSR count). The summed E-state index contributed by atoms with van der Waals surface area (Å²) < 4.78 is 15.9. The average molecular weight is 254 g/mol. The zero-order valence-electron chi connectivity index (χ0n) is 11.2. The minimum Gasteiger partial charge on any atom is -0.490 e. The molecule has 1 heterocycles. The molecule has 1 atom stereocenters. The van der Waals surface area contributed by atoms with Crippen LogP contribution in [0.1, 0.15) is 32.6 Å². The van der Waals surface area contributed by atoms with Crippen molar-refractivity contribution < 1.29 is 19.0 Å². The lowest BCUT2D eigenvalue weighted by Gasteiger charge is -2.09. The summed E-state index contributed by atoms with van der Waals surface area (Å²) in [6.45, 7) is 7.12. The molecule has 0 spiro atoms. The molecule has 4 heteroatoms. The van der Waals surface area contributed by atoms with Crippen LogP contribution in [0.25, 0.3) is 0 Å². The molecule has 0 radical (unpaired) electrons. The number of hydrogen-bond acceptors (Lipinski definition) is 4. The molecule has 4 nitrogen and oxygen atoms in total. The summed E-state index contributed by atoms with van der Waals surface area (Å²) in [5, 5.41) is 0. The summed E-state index contributed by atoms with van der Waals surface area (Å²) in [6, 6.07) is 0. The quantitative estimate of drug-likeness (QED) is 0.379. The van der Waals surface area contributed by atoms with Gasteiger partial charge in [0, 0.05) is 19.4 Å². The highest BCUT2D eigenvalue weighted by Crippen LogP contribution is 2.28. The van der Waals surface area contributed by atoms with E-state index in [9.17, 15) is 4.79 Å². The van der Waals surface area contributed by atoms with Crippen LogP contribution in [0.3, 0.4) is 0 Å². The molecule has 0 saturated carbocycles. The second-order valence-electron chi connectivity index (χ2n) is 4.21. The Morgan fingerprint density at radius 1 is 1.56 bits per heavy atom. The zero-order valence-corrected chi connectivity index (χ0v) is 11.2. The molecular formula is C14H22O4. The maximum absolute atomic E-state index is 11.6. The van der Waals surface area contributed by atoms with E-state index in [2.05, 4.69) is 13.5 Å². The van der Waals surface area contributed by atoms with E-state index in [-0.39, 0.29) is 12.1 Å². The highest BCUT2D eigenvalue weighted by atomic mass is 16.5. The third kappa shape index (κ3) is 4.18. The molecule has 1 unspecified atom stereocenters. The predicted octanol–water partition coefficient (Wildman–Crippen LogP) is 2.60. The van der Waals surface area contributed by atoms with Crippen LogP contribution < -0.4 is 0 Å². The molecule has 0 aromatic heterocycles. The van der Waals surface area contributed by atoms with Crippen LogP contribution in [0.4, 0.5) is 0 Å². The Balaban J connectivity index is 2.47. The number of esters is 1. The van der Waals surface area contributed by atoms with Crippen LogP contribution in [-0.4, -0.2) is 32.4 Å². The van der Waals surface area contributed by atoms with Crippen molar-refractivity contribution in [1.29, 1.82) is 0 Å². The van der Waals surface area contributed by atoms with Crippen LogP contribution in [0.2, 0.25) is 0 Å². The molecule has 18 heavy (non-hydrogen) atoms. The fourth-order valence-corrected chi connectivity index (χ4v) is 1.79. The smallest absolute Gasteiger partial charge is 0.337 e. The van der Waals surface area contributed by atoms with Crippen molar-refractivity contribution in [3.05, 3.63) is 24.0 Å². The number of methoxy groups -OCH3 is 1. The van der Waals surface area contributed by atoms with Crippen LogP contribution in [0.5, 0.6) is 0 Å². The van der Waals surface area contributed by atoms with Gasteiger partial charge in [0.1, 0.15) is 11.9 Å². The van der Waals surface area contributed by atoms with Gasteiger partial charge in [-0.2, -0.15) is 0 Å². The summed E-state index contributed by atoms with van der Waals surface area (Å²) in [4.78, 5) is 11.6. The van der Waals surface area contributed by atoms with E-state index in [1.165, 1.54) is 7.11 Å². The minimum absolute atomic E-state index is 0.121. The molecule has 0 fully saturated rings. The Bertz CT molecular complexity index is 320. The zero-order chi connectivity index (χ0) is 13.4. The Labute approximate surface area is 109 Å². The Hall–Kier alpha value is -1.29. The largest absolute Gasteiger partial charge is 0.490 e. The minimum atomic E-state index is -0.317. The fourth-order valence-electron chi connectivity index (χ4n) is 1.79. The van der Waals surface area contributed by atoms with Crippen LogP contribution >= 0.6 is 0 Å². The van der Waals surface area contributed by atoms with Gasteiger partial charge in [-0.05, 0) is 6.42 Å². The average Bonchev–Trinajstić information content (AvgIpc) is 2.81. The summed E-state index contributed by atoms with van der Waals surface area (Å²) in [5.41, 5.74) is 0.612. The first-order valence-corrected chi connectivity index (χ1v) is 6.40. The molecule has 0 aliphatic carbocycles. The topological polar surface area (TPSA) is 44.8 Å². The summed E-state index contributed by atoms with van der Waals surface area (Å²) >= 11 is 0. The first-order valence-electron chi connectivity index (χ1n) is 6.40. The molecular weight excluding hydrogens is 232 g/mol. The standard InChI is InChI=1S/C14H22O4/c1-4-6-8-17-9-7-13-12(14(15)16-3)10-11(5-2)18-13/h5,11H,2,4,6-10H2,1,3H3. The molecule has 102 valence electrons. The lowest BCUT2D eigenvalue weighted by molar-refractivity contribution is -0.136. The normalized spacial score (nSPS) is 18.7. The van der Waals surface area contributed by atoms with Crippen LogP contribution in [-0.2, 0) is 19.0 Å². The molecule has 0 amide bonds. The summed E-state index contributed by atoms with van der Waals surface area (Å²) in [6.07, 6.45) is 4.90. The Morgan fingerprint density at radius 2 is 2.33 bits per heavy atom. The second kappa shape index (κ2) is 7.93. The van der Waals surface area contributed by atoms with Gasteiger partial charge < -0.3 is 14.2 Å². The second-order valence-corrected chi connectivity index (χ2v) is 4.21. The van der Waals surface area contributed by atoms with Crippen LogP contribution in [0.15, 0.2) is 24.0 Å². The molecule has 0 aromatic carbocycles. The number of hydrogen-bond donors (Lipinski definition) is 0. The third-order valence-corrected chi connectivity index (χ3v) is 2.85. The lowest BCUT2D eigenvalue weighted by atomic mass is 10.1. The van der Waals surface area contributed by atoms with Gasteiger partial charge in [-0.25, -0.2) is 4.79 Å². The Kier molecular flexibility index (Phi) is 6.50. The first-order chi connectivity index (χ1) is 8.72. The lowest BCUT2D eigenvalue weighted by Crippen LogP contribution is -2.06. The summed E-state index contributed by atoms with van der Waals surface area (Å²) in [7, 11) is 1.38. The molecule has 0 N–H and O–H groups in total. The number of unbranched alkanes of at least 4 members (excludes halogenated alkanes) is 1. The van der Waals surface area contributed by atoms with E-state index in [4.69, 9.17) is 14.2 Å². The van der Waals surface area contributed by atoms with E-state index in [0.717, 1.165) is 19.4 Å². The van der Waals surface area contributed by atoms with Gasteiger partial charge in [-0.1, -0.05) is 26.0 Å². The van der Waals surface area contributed by atoms with Gasteiger partial charge in [-0.15, -0.1) is 0 Å². The van der Waals surface area contributed by atoms with E-state index < -0.39 is 0 Å². The van der Waals surface area contributed by atoms with Crippen molar-refractivity contribution in [3.63, 3.8) is 0 Å². The van der Waals surface area contributed by atoms with Gasteiger partial charge in [0.25, 0.3) is 0 Å². The number of carbonyl (C=O) groups excluding carboxylic acids is 1. The van der Waals surface area contributed by atoms with Crippen molar-refractivity contribution in [3.8, 4) is 0 Å². The van der Waals surface area contributed by atoms with Crippen LogP contribution in [0, 0.1) is 0 Å². The van der Waals surface area contributed by atoms with Gasteiger partial charge in [-0.3, -0.25) is 0 Å². The van der Waals surface area contributed by atoms with Gasteiger partial charge >= 0.3 is 5.97 Å². The van der Waals surface area contributed by atoms with E-state index in [1.54, 1.807) is 6.08 Å². The van der Waals surface area contributed by atoms with E-state index >= 15 is 0 Å². The molecule has 0 aromatic rings. The number of ether oxygens (including phenoxy) is 3. The molecule has 1 aliphatic heterocycles. The third-order valence-electron chi connectivity index (χ3n) is 2.85. The predicted molar refractivity (Wildman–Crippen MR) is 69.1 cm³/mol. The van der Waals surface area contributed by atoms with Gasteiger partial charge in [0.2, 0.25) is 0 Å². The fraction of sp³-hybridized carbons (Fsp3) is 0.643. The number of carbonyl (C=O) groups is 1. The highest BCUT2D eigenvalue weighted by molar-refractivity contribution is 5.89. The number of rotatable bonds is 8. The van der Waals surface area contributed by atoms with Gasteiger partial charge in [0.15, 0.2) is 0 Å². The summed E-state index contributed by atoms with van der Waals surface area (Å²) in [5.74, 6) is 0.367. The maximum Gasteiger partial charge on any atom is 0.337 e.